The zero-order valence-electron chi connectivity index (χ0n) is 12.4. The minimum atomic E-state index is -0.344. The van der Waals surface area contributed by atoms with E-state index in [1.54, 1.807) is 36.4 Å². The molecule has 2 rings (SSSR count). The first-order valence-electron chi connectivity index (χ1n) is 6.79. The van der Waals surface area contributed by atoms with Crippen molar-refractivity contribution in [1.82, 2.24) is 0 Å². The highest BCUT2D eigenvalue weighted by Gasteiger charge is 2.13. The lowest BCUT2D eigenvalue weighted by atomic mass is 10.2. The molecule has 0 heterocycles. The molecule has 2 amide bonds. The second kappa shape index (κ2) is 7.62. The highest BCUT2D eigenvalue weighted by Crippen LogP contribution is 2.27. The Hall–Kier alpha value is -2.57. The average Bonchev–Trinajstić information content (AvgIpc) is 2.57. The average molecular weight is 334 g/mol. The summed E-state index contributed by atoms with van der Waals surface area (Å²) < 4.78 is 5.16. The van der Waals surface area contributed by atoms with Gasteiger partial charge in [-0.25, -0.2) is 0 Å². The van der Waals surface area contributed by atoms with Gasteiger partial charge in [-0.2, -0.15) is 0 Å². The Morgan fingerprint density at radius 3 is 2.57 bits per heavy atom. The zero-order valence-corrected chi connectivity index (χ0v) is 13.2. The number of para-hydroxylation sites is 1. The molecule has 0 saturated carbocycles. The Morgan fingerprint density at radius 2 is 1.91 bits per heavy atom. The van der Waals surface area contributed by atoms with Crippen LogP contribution >= 0.6 is 11.6 Å². The fourth-order valence-corrected chi connectivity index (χ4v) is 2.16. The lowest BCUT2D eigenvalue weighted by Crippen LogP contribution is -2.21. The van der Waals surface area contributed by atoms with Crippen LogP contribution in [0.1, 0.15) is 10.4 Å². The summed E-state index contributed by atoms with van der Waals surface area (Å²) in [4.78, 5) is 23.6. The van der Waals surface area contributed by atoms with Gasteiger partial charge in [-0.15, -0.1) is 0 Å². The molecule has 2 aromatic carbocycles. The first-order chi connectivity index (χ1) is 11.0. The smallest absolute Gasteiger partial charge is 0.259 e. The third kappa shape index (κ3) is 4.21. The molecule has 0 bridgehead atoms. The summed E-state index contributed by atoms with van der Waals surface area (Å²) in [5, 5.41) is 5.58. The summed E-state index contributed by atoms with van der Waals surface area (Å²) in [6.45, 7) is -0.121. The van der Waals surface area contributed by atoms with Gasteiger partial charge in [-0.3, -0.25) is 9.59 Å². The van der Waals surface area contributed by atoms with Crippen molar-refractivity contribution in [2.24, 2.45) is 5.73 Å². The van der Waals surface area contributed by atoms with E-state index in [2.05, 4.69) is 10.6 Å². The van der Waals surface area contributed by atoms with Crippen LogP contribution in [0.25, 0.3) is 0 Å². The lowest BCUT2D eigenvalue weighted by Gasteiger charge is -2.11. The number of carbonyl (C=O) groups excluding carboxylic acids is 2. The van der Waals surface area contributed by atoms with Crippen LogP contribution < -0.4 is 21.1 Å². The second-order valence-corrected chi connectivity index (χ2v) is 5.01. The predicted octanol–water partition coefficient (Wildman–Crippen LogP) is 2.50. The molecule has 0 aromatic heterocycles. The number of hydrogen-bond donors (Lipinski definition) is 3. The van der Waals surface area contributed by atoms with Crippen molar-refractivity contribution in [3.63, 3.8) is 0 Å². The van der Waals surface area contributed by atoms with Crippen molar-refractivity contribution in [2.45, 2.75) is 0 Å². The normalized spacial score (nSPS) is 10.0. The van der Waals surface area contributed by atoms with E-state index in [-0.39, 0.29) is 18.4 Å². The molecular weight excluding hydrogens is 318 g/mol. The van der Waals surface area contributed by atoms with Crippen LogP contribution in [0.3, 0.4) is 0 Å². The van der Waals surface area contributed by atoms with Crippen molar-refractivity contribution >= 4 is 34.8 Å². The Kier molecular flexibility index (Phi) is 5.56. The minimum Gasteiger partial charge on any atom is -0.496 e. The summed E-state index contributed by atoms with van der Waals surface area (Å²) in [6.07, 6.45) is 0. The van der Waals surface area contributed by atoms with Crippen LogP contribution in [-0.2, 0) is 4.79 Å². The van der Waals surface area contributed by atoms with Gasteiger partial charge in [0.1, 0.15) is 5.75 Å². The molecule has 0 spiro atoms. The van der Waals surface area contributed by atoms with Gasteiger partial charge < -0.3 is 21.1 Å². The van der Waals surface area contributed by atoms with E-state index in [4.69, 9.17) is 22.1 Å². The number of halogens is 1. The van der Waals surface area contributed by atoms with E-state index in [1.807, 2.05) is 0 Å². The van der Waals surface area contributed by atoms with Gasteiger partial charge >= 0.3 is 0 Å². The molecule has 6 nitrogen and oxygen atoms in total. The van der Waals surface area contributed by atoms with Crippen LogP contribution in [-0.4, -0.2) is 25.5 Å². The van der Waals surface area contributed by atoms with E-state index in [9.17, 15) is 9.59 Å². The predicted molar refractivity (Wildman–Crippen MR) is 90.1 cm³/mol. The van der Waals surface area contributed by atoms with Crippen molar-refractivity contribution in [3.8, 4) is 5.75 Å². The Labute approximate surface area is 138 Å². The molecule has 7 heteroatoms. The number of hydrogen-bond acceptors (Lipinski definition) is 4. The molecule has 0 saturated heterocycles. The van der Waals surface area contributed by atoms with Gasteiger partial charge in [0, 0.05) is 5.69 Å². The number of methoxy groups -OCH3 is 1. The molecule has 120 valence electrons. The van der Waals surface area contributed by atoms with E-state index in [0.717, 1.165) is 0 Å². The lowest BCUT2D eigenvalue weighted by molar-refractivity contribution is -0.114. The topological polar surface area (TPSA) is 93.5 Å². The van der Waals surface area contributed by atoms with Crippen LogP contribution in [0.5, 0.6) is 5.75 Å². The monoisotopic (exact) mass is 333 g/mol. The second-order valence-electron chi connectivity index (χ2n) is 4.60. The van der Waals surface area contributed by atoms with Crippen molar-refractivity contribution in [2.75, 3.05) is 24.3 Å². The number of anilines is 2. The number of benzene rings is 2. The largest absolute Gasteiger partial charge is 0.496 e. The molecule has 0 aliphatic rings. The summed E-state index contributed by atoms with van der Waals surface area (Å²) in [7, 11) is 1.49. The van der Waals surface area contributed by atoms with Gasteiger partial charge in [0.2, 0.25) is 5.91 Å². The number of nitrogens with one attached hydrogen (secondary N) is 2. The van der Waals surface area contributed by atoms with E-state index in [0.29, 0.717) is 27.7 Å². The Bertz CT molecular complexity index is 734. The van der Waals surface area contributed by atoms with Gasteiger partial charge in [-0.1, -0.05) is 23.7 Å². The van der Waals surface area contributed by atoms with E-state index >= 15 is 0 Å². The minimum absolute atomic E-state index is 0.121. The Morgan fingerprint density at radius 1 is 1.17 bits per heavy atom. The zero-order chi connectivity index (χ0) is 16.8. The van der Waals surface area contributed by atoms with E-state index < -0.39 is 0 Å². The molecular formula is C16H16ClN3O3. The SMILES string of the molecule is COc1ccccc1C(=O)Nc1ccc(NC(=O)CN)cc1Cl. The maximum Gasteiger partial charge on any atom is 0.259 e. The fraction of sp³-hybridized carbons (Fsp3) is 0.125. The first-order valence-corrected chi connectivity index (χ1v) is 7.16. The fourth-order valence-electron chi connectivity index (χ4n) is 1.93. The van der Waals surface area contributed by atoms with Gasteiger partial charge in [0.05, 0.1) is 29.9 Å². The highest BCUT2D eigenvalue weighted by atomic mass is 35.5. The number of nitrogens with two attached hydrogens (primary N) is 1. The van der Waals surface area contributed by atoms with E-state index in [1.165, 1.54) is 13.2 Å². The van der Waals surface area contributed by atoms with Crippen LogP contribution in [0.4, 0.5) is 11.4 Å². The molecule has 0 unspecified atom stereocenters. The van der Waals surface area contributed by atoms with Gasteiger partial charge in [0.25, 0.3) is 5.91 Å². The molecule has 0 fully saturated rings. The summed E-state index contributed by atoms with van der Waals surface area (Å²) in [6, 6.07) is 11.6. The molecule has 23 heavy (non-hydrogen) atoms. The third-order valence-electron chi connectivity index (χ3n) is 3.04. The third-order valence-corrected chi connectivity index (χ3v) is 3.35. The number of rotatable bonds is 5. The number of carbonyl (C=O) groups is 2. The molecule has 0 aliphatic heterocycles. The van der Waals surface area contributed by atoms with Crippen LogP contribution in [0.15, 0.2) is 42.5 Å². The quantitative estimate of drug-likeness (QED) is 0.783. The Balaban J connectivity index is 2.17. The van der Waals surface area contributed by atoms with Crippen molar-refractivity contribution < 1.29 is 14.3 Å². The summed E-state index contributed by atoms with van der Waals surface area (Å²) in [5.74, 6) is -0.206. The number of ether oxygens (including phenoxy) is 1. The summed E-state index contributed by atoms with van der Waals surface area (Å²) >= 11 is 6.13. The van der Waals surface area contributed by atoms with Crippen LogP contribution in [0, 0.1) is 0 Å². The van der Waals surface area contributed by atoms with Crippen LogP contribution in [0.2, 0.25) is 5.02 Å². The molecule has 4 N–H and O–H groups in total. The van der Waals surface area contributed by atoms with Gasteiger partial charge in [0.15, 0.2) is 0 Å². The molecule has 2 aromatic rings. The molecule has 0 atom stereocenters. The van der Waals surface area contributed by atoms with Crippen molar-refractivity contribution in [1.29, 1.82) is 0 Å². The summed E-state index contributed by atoms with van der Waals surface area (Å²) in [5.41, 5.74) is 6.55. The standard InChI is InChI=1S/C16H16ClN3O3/c1-23-14-5-3-2-4-11(14)16(22)20-13-7-6-10(8-12(13)17)19-15(21)9-18/h2-8H,9,18H2,1H3,(H,19,21)(H,20,22). The van der Waals surface area contributed by atoms with Crippen molar-refractivity contribution in [3.05, 3.63) is 53.1 Å². The number of amides is 2. The first kappa shape index (κ1) is 16.8. The highest BCUT2D eigenvalue weighted by molar-refractivity contribution is 6.34. The molecule has 0 radical (unpaired) electrons. The maximum atomic E-state index is 12.3. The maximum absolute atomic E-state index is 12.3. The van der Waals surface area contributed by atoms with Gasteiger partial charge in [-0.05, 0) is 30.3 Å². The molecule has 0 aliphatic carbocycles.